The summed E-state index contributed by atoms with van der Waals surface area (Å²) in [5, 5.41) is 2.81. The van der Waals surface area contributed by atoms with Gasteiger partial charge < -0.3 is 19.7 Å². The number of hydrogen-bond donors (Lipinski definition) is 2. The molecule has 0 bridgehead atoms. The van der Waals surface area contributed by atoms with Crippen molar-refractivity contribution < 1.29 is 37.6 Å². The molecule has 0 heterocycles. The van der Waals surface area contributed by atoms with E-state index in [4.69, 9.17) is 18.5 Å². The lowest BCUT2D eigenvalue weighted by Crippen LogP contribution is -2.29. The minimum absolute atomic E-state index is 0.0128. The van der Waals surface area contributed by atoms with Gasteiger partial charge in [-0.25, -0.2) is 4.57 Å². The van der Waals surface area contributed by atoms with Crippen LogP contribution >= 0.6 is 7.82 Å². The molecule has 0 aliphatic heterocycles. The molecule has 0 aliphatic rings. The Morgan fingerprint density at radius 3 is 1.60 bits per heavy atom. The Kier molecular flexibility index (Phi) is 27.4. The number of nitrogens with one attached hydrogen (secondary N) is 1. The molecule has 0 spiro atoms. The van der Waals surface area contributed by atoms with Crippen molar-refractivity contribution >= 4 is 19.8 Å². The number of phosphoric ester groups is 1. The van der Waals surface area contributed by atoms with Gasteiger partial charge in [0.15, 0.2) is 6.10 Å². The summed E-state index contributed by atoms with van der Waals surface area (Å²) in [7, 11) is -2.63. The third-order valence-electron chi connectivity index (χ3n) is 6.73. The van der Waals surface area contributed by atoms with Crippen LogP contribution in [-0.4, -0.2) is 56.3 Å². The standard InChI is InChI=1S/C30H60NO8P/c1-4-6-8-10-12-14-16-18-20-22-29(32)36-26-28(27-38-40(34,35)37-25-24-31-3)39-30(33)23-21-19-17-15-13-11-9-7-5-2/h28,31H,4-27H2,1-3H3,(H,34,35). The van der Waals surface area contributed by atoms with E-state index in [2.05, 4.69) is 19.2 Å². The van der Waals surface area contributed by atoms with Gasteiger partial charge in [0.25, 0.3) is 0 Å². The van der Waals surface area contributed by atoms with E-state index in [0.717, 1.165) is 32.1 Å². The van der Waals surface area contributed by atoms with Gasteiger partial charge in [-0.15, -0.1) is 0 Å². The number of unbranched alkanes of at least 4 members (excludes halogenated alkanes) is 16. The number of carbonyl (C=O) groups is 2. The van der Waals surface area contributed by atoms with E-state index in [0.29, 0.717) is 19.4 Å². The van der Waals surface area contributed by atoms with Gasteiger partial charge in [-0.05, 0) is 19.9 Å². The summed E-state index contributed by atoms with van der Waals surface area (Å²) in [5.41, 5.74) is 0. The molecule has 0 amide bonds. The molecule has 0 fully saturated rings. The smallest absolute Gasteiger partial charge is 0.462 e. The van der Waals surface area contributed by atoms with Crippen LogP contribution in [0.5, 0.6) is 0 Å². The quantitative estimate of drug-likeness (QED) is 0.0492. The van der Waals surface area contributed by atoms with Gasteiger partial charge in [0, 0.05) is 19.4 Å². The van der Waals surface area contributed by atoms with Crippen LogP contribution in [0.25, 0.3) is 0 Å². The Hall–Kier alpha value is -0.990. The van der Waals surface area contributed by atoms with Crippen LogP contribution in [0.4, 0.5) is 0 Å². The third kappa shape index (κ3) is 27.2. The number of likely N-dealkylation sites (N-methyl/N-ethyl adjacent to an activating group) is 1. The zero-order valence-corrected chi connectivity index (χ0v) is 26.7. The highest BCUT2D eigenvalue weighted by molar-refractivity contribution is 7.47. The number of hydrogen-bond acceptors (Lipinski definition) is 8. The molecule has 40 heavy (non-hydrogen) atoms. The Morgan fingerprint density at radius 1 is 0.675 bits per heavy atom. The van der Waals surface area contributed by atoms with Crippen molar-refractivity contribution in [2.75, 3.05) is 33.4 Å². The molecule has 238 valence electrons. The van der Waals surface area contributed by atoms with E-state index < -0.39 is 26.5 Å². The number of esters is 2. The summed E-state index contributed by atoms with van der Waals surface area (Å²) in [6.45, 7) is 4.16. The molecule has 2 N–H and O–H groups in total. The fourth-order valence-electron chi connectivity index (χ4n) is 4.26. The Balaban J connectivity index is 4.38. The van der Waals surface area contributed by atoms with Gasteiger partial charge in [0.1, 0.15) is 6.61 Å². The predicted octanol–water partition coefficient (Wildman–Crippen LogP) is 7.64. The largest absolute Gasteiger partial charge is 0.472 e. The molecule has 0 rings (SSSR count). The second-order valence-electron chi connectivity index (χ2n) is 10.7. The van der Waals surface area contributed by atoms with Gasteiger partial charge in [0.05, 0.1) is 13.2 Å². The lowest BCUT2D eigenvalue weighted by atomic mass is 10.1. The van der Waals surface area contributed by atoms with Gasteiger partial charge in [-0.1, -0.05) is 117 Å². The molecule has 0 aliphatic carbocycles. The van der Waals surface area contributed by atoms with Crippen LogP contribution in [0.3, 0.4) is 0 Å². The molecule has 0 saturated heterocycles. The summed E-state index contributed by atoms with van der Waals surface area (Å²) in [5.74, 6) is -0.809. The Bertz CT molecular complexity index is 649. The van der Waals surface area contributed by atoms with E-state index in [1.165, 1.54) is 77.0 Å². The molecule has 2 atom stereocenters. The lowest BCUT2D eigenvalue weighted by Gasteiger charge is -2.20. The number of carbonyl (C=O) groups excluding carboxylic acids is 2. The maximum Gasteiger partial charge on any atom is 0.472 e. The van der Waals surface area contributed by atoms with Crippen LogP contribution in [-0.2, 0) is 32.7 Å². The van der Waals surface area contributed by atoms with E-state index in [1.807, 2.05) is 0 Å². The highest BCUT2D eigenvalue weighted by atomic mass is 31.2. The monoisotopic (exact) mass is 593 g/mol. The molecule has 0 radical (unpaired) electrons. The number of rotatable bonds is 30. The minimum Gasteiger partial charge on any atom is -0.462 e. The summed E-state index contributed by atoms with van der Waals surface area (Å²) in [4.78, 5) is 34.5. The van der Waals surface area contributed by atoms with Gasteiger partial charge >= 0.3 is 19.8 Å². The second-order valence-corrected chi connectivity index (χ2v) is 12.1. The number of phosphoric acid groups is 1. The van der Waals surface area contributed by atoms with Gasteiger partial charge in [-0.2, -0.15) is 0 Å². The maximum atomic E-state index is 12.4. The van der Waals surface area contributed by atoms with Crippen LogP contribution in [0, 0.1) is 0 Å². The van der Waals surface area contributed by atoms with E-state index in [9.17, 15) is 19.0 Å². The molecule has 0 aromatic carbocycles. The first-order chi connectivity index (χ1) is 19.3. The topological polar surface area (TPSA) is 120 Å². The van der Waals surface area contributed by atoms with Crippen molar-refractivity contribution in [2.24, 2.45) is 0 Å². The van der Waals surface area contributed by atoms with Crippen molar-refractivity contribution in [2.45, 2.75) is 148 Å². The number of ether oxygens (including phenoxy) is 2. The molecule has 0 aromatic heterocycles. The average molecular weight is 594 g/mol. The molecule has 2 unspecified atom stereocenters. The first kappa shape index (κ1) is 39.0. The Morgan fingerprint density at radius 2 is 1.12 bits per heavy atom. The zero-order valence-electron chi connectivity index (χ0n) is 25.8. The predicted molar refractivity (Wildman–Crippen MR) is 160 cm³/mol. The fraction of sp³-hybridized carbons (Fsp3) is 0.933. The van der Waals surface area contributed by atoms with Gasteiger partial charge in [-0.3, -0.25) is 18.6 Å². The van der Waals surface area contributed by atoms with Crippen LogP contribution in [0.15, 0.2) is 0 Å². The first-order valence-corrected chi connectivity index (χ1v) is 17.5. The lowest BCUT2D eigenvalue weighted by molar-refractivity contribution is -0.161. The molecule has 9 nitrogen and oxygen atoms in total. The van der Waals surface area contributed by atoms with E-state index in [-0.39, 0.29) is 25.6 Å². The molecular weight excluding hydrogens is 533 g/mol. The first-order valence-electron chi connectivity index (χ1n) is 16.0. The average Bonchev–Trinajstić information content (AvgIpc) is 2.92. The summed E-state index contributed by atoms with van der Waals surface area (Å²) in [6, 6.07) is 0. The summed E-state index contributed by atoms with van der Waals surface area (Å²) >= 11 is 0. The fourth-order valence-corrected chi connectivity index (χ4v) is 5.01. The van der Waals surface area contributed by atoms with Crippen LogP contribution in [0.2, 0.25) is 0 Å². The second kappa shape index (κ2) is 28.1. The highest BCUT2D eigenvalue weighted by Gasteiger charge is 2.26. The summed E-state index contributed by atoms with van der Waals surface area (Å²) in [6.07, 6.45) is 20.2. The Labute approximate surface area is 244 Å². The summed E-state index contributed by atoms with van der Waals surface area (Å²) < 4.78 is 32.8. The van der Waals surface area contributed by atoms with Crippen LogP contribution < -0.4 is 5.32 Å². The molecule has 0 saturated carbocycles. The van der Waals surface area contributed by atoms with Crippen LogP contribution in [0.1, 0.15) is 142 Å². The van der Waals surface area contributed by atoms with Crippen molar-refractivity contribution in [3.8, 4) is 0 Å². The zero-order chi connectivity index (χ0) is 29.7. The SMILES string of the molecule is CCCCCCCCCCCC(=O)OCC(COP(=O)(O)OCCNC)OC(=O)CCCCCCCCCCC. The molecule has 10 heteroatoms. The van der Waals surface area contributed by atoms with Gasteiger partial charge in [0.2, 0.25) is 0 Å². The molecular formula is C30H60NO8P. The molecule has 0 aromatic rings. The van der Waals surface area contributed by atoms with Crippen molar-refractivity contribution in [1.82, 2.24) is 5.32 Å². The maximum absolute atomic E-state index is 12.4. The van der Waals surface area contributed by atoms with E-state index >= 15 is 0 Å². The third-order valence-corrected chi connectivity index (χ3v) is 7.71. The van der Waals surface area contributed by atoms with Crippen molar-refractivity contribution in [3.63, 3.8) is 0 Å². The van der Waals surface area contributed by atoms with Crippen molar-refractivity contribution in [3.05, 3.63) is 0 Å². The van der Waals surface area contributed by atoms with Crippen molar-refractivity contribution in [1.29, 1.82) is 0 Å². The normalized spacial score (nSPS) is 13.6. The highest BCUT2D eigenvalue weighted by Crippen LogP contribution is 2.43. The minimum atomic E-state index is -4.32. The van der Waals surface area contributed by atoms with E-state index in [1.54, 1.807) is 7.05 Å².